The summed E-state index contributed by atoms with van der Waals surface area (Å²) in [6.45, 7) is 8.84. The van der Waals surface area contributed by atoms with Crippen molar-refractivity contribution in [1.82, 2.24) is 15.1 Å². The van der Waals surface area contributed by atoms with E-state index < -0.39 is 5.41 Å². The zero-order valence-corrected chi connectivity index (χ0v) is 27.4. The first-order valence-corrected chi connectivity index (χ1v) is 17.5. The van der Waals surface area contributed by atoms with Crippen LogP contribution in [0.3, 0.4) is 0 Å². The summed E-state index contributed by atoms with van der Waals surface area (Å²) in [6, 6.07) is 33.6. The van der Waals surface area contributed by atoms with Crippen molar-refractivity contribution in [1.29, 1.82) is 0 Å². The third-order valence-electron chi connectivity index (χ3n) is 9.84. The number of piperazine rings is 1. The van der Waals surface area contributed by atoms with Crippen molar-refractivity contribution in [3.63, 3.8) is 0 Å². The Labute approximate surface area is 276 Å². The zero-order chi connectivity index (χ0) is 31.5. The van der Waals surface area contributed by atoms with Gasteiger partial charge in [0.05, 0.1) is 0 Å². The molecule has 1 saturated heterocycles. The van der Waals surface area contributed by atoms with Crippen molar-refractivity contribution in [3.8, 4) is 0 Å². The Bertz CT molecular complexity index is 1670. The molecule has 4 aromatic carbocycles. The molecule has 0 saturated carbocycles. The smallest absolute Gasteiger partial charge is 0.254 e. The first-order valence-electron chi connectivity index (χ1n) is 16.7. The third kappa shape index (κ3) is 5.82. The van der Waals surface area contributed by atoms with E-state index in [1.807, 2.05) is 30.0 Å². The Balaban J connectivity index is 0.964. The van der Waals surface area contributed by atoms with Gasteiger partial charge in [-0.15, -0.1) is 0 Å². The second kappa shape index (κ2) is 13.3. The topological polar surface area (TPSA) is 55.9 Å². The van der Waals surface area contributed by atoms with Crippen molar-refractivity contribution in [2.45, 2.75) is 54.5 Å². The monoisotopic (exact) mass is 630 g/mol. The number of anilines is 1. The molecule has 0 radical (unpaired) electrons. The van der Waals surface area contributed by atoms with Gasteiger partial charge >= 0.3 is 0 Å². The lowest BCUT2D eigenvalue weighted by Crippen LogP contribution is -2.47. The first-order chi connectivity index (χ1) is 22.6. The highest BCUT2D eigenvalue weighted by atomic mass is 32.2. The van der Waals surface area contributed by atoms with Gasteiger partial charge in [-0.05, 0) is 72.8 Å². The van der Waals surface area contributed by atoms with Crippen molar-refractivity contribution < 1.29 is 9.59 Å². The van der Waals surface area contributed by atoms with Gasteiger partial charge in [-0.1, -0.05) is 91.0 Å². The van der Waals surface area contributed by atoms with E-state index in [4.69, 9.17) is 0 Å². The lowest BCUT2D eigenvalue weighted by atomic mass is 9.69. The number of nitrogens with one attached hydrogen (secondary N) is 1. The molecule has 3 heterocycles. The Morgan fingerprint density at radius 2 is 1.50 bits per heavy atom. The highest BCUT2D eigenvalue weighted by Gasteiger charge is 2.46. The fourth-order valence-electron chi connectivity index (χ4n) is 7.45. The van der Waals surface area contributed by atoms with E-state index in [1.165, 1.54) is 9.79 Å². The van der Waals surface area contributed by atoms with Crippen LogP contribution in [0.25, 0.3) is 0 Å². The number of carbonyl (C=O) groups is 2. The van der Waals surface area contributed by atoms with Crippen LogP contribution in [0.1, 0.15) is 58.8 Å². The first kappa shape index (κ1) is 30.6. The summed E-state index contributed by atoms with van der Waals surface area (Å²) < 4.78 is 0. The molecule has 1 N–H and O–H groups in total. The molecule has 7 heteroatoms. The van der Waals surface area contributed by atoms with Crippen LogP contribution in [0.5, 0.6) is 0 Å². The van der Waals surface area contributed by atoms with E-state index in [0.29, 0.717) is 19.6 Å². The van der Waals surface area contributed by atoms with Crippen molar-refractivity contribution in [2.24, 2.45) is 0 Å². The van der Waals surface area contributed by atoms with Crippen LogP contribution in [0, 0.1) is 0 Å². The average molecular weight is 631 g/mol. The molecular formula is C39H42N4O2S. The van der Waals surface area contributed by atoms with E-state index in [0.717, 1.165) is 85.5 Å². The predicted octanol–water partition coefficient (Wildman–Crippen LogP) is 6.72. The molecule has 0 atom stereocenters. The number of carbonyl (C=O) groups excluding carboxylic acids is 2. The van der Waals surface area contributed by atoms with Crippen molar-refractivity contribution in [2.75, 3.05) is 44.2 Å². The predicted molar refractivity (Wildman–Crippen MR) is 185 cm³/mol. The summed E-state index contributed by atoms with van der Waals surface area (Å²) in [5, 5.41) is 3.19. The number of amides is 2. The summed E-state index contributed by atoms with van der Waals surface area (Å²) >= 11 is 1.77. The highest BCUT2D eigenvalue weighted by Crippen LogP contribution is 2.51. The van der Waals surface area contributed by atoms with Crippen LogP contribution in [0.4, 0.5) is 5.69 Å². The molecule has 2 amide bonds. The molecule has 4 aromatic rings. The van der Waals surface area contributed by atoms with Gasteiger partial charge in [0, 0.05) is 66.9 Å². The van der Waals surface area contributed by atoms with Gasteiger partial charge in [-0.25, -0.2) is 0 Å². The van der Waals surface area contributed by atoms with E-state index in [2.05, 4.69) is 94.0 Å². The summed E-state index contributed by atoms with van der Waals surface area (Å²) in [4.78, 5) is 36.5. The number of unbranched alkanes of at least 4 members (excludes halogenated alkanes) is 1. The molecule has 236 valence electrons. The number of hydrogen-bond acceptors (Lipinski definition) is 5. The van der Waals surface area contributed by atoms with Crippen molar-refractivity contribution >= 4 is 29.3 Å². The molecule has 3 aliphatic heterocycles. The van der Waals surface area contributed by atoms with Crippen LogP contribution in [0.15, 0.2) is 107 Å². The Kier molecular flexibility index (Phi) is 8.87. The fraction of sp³-hybridized carbons (Fsp3) is 0.333. The summed E-state index contributed by atoms with van der Waals surface area (Å²) in [7, 11) is 0. The van der Waals surface area contributed by atoms with Gasteiger partial charge in [0.25, 0.3) is 5.91 Å². The number of benzene rings is 4. The second-order valence-electron chi connectivity index (χ2n) is 12.6. The molecule has 0 spiro atoms. The molecule has 3 aliphatic rings. The lowest BCUT2D eigenvalue weighted by Gasteiger charge is -2.40. The molecule has 7 rings (SSSR count). The molecular weight excluding hydrogens is 589 g/mol. The molecule has 0 bridgehead atoms. The second-order valence-corrected chi connectivity index (χ2v) is 13.7. The average Bonchev–Trinajstić information content (AvgIpc) is 3.40. The molecule has 6 nitrogen and oxygen atoms in total. The third-order valence-corrected chi connectivity index (χ3v) is 11.0. The van der Waals surface area contributed by atoms with Crippen LogP contribution in [-0.4, -0.2) is 60.9 Å². The van der Waals surface area contributed by atoms with Crippen LogP contribution >= 0.6 is 11.8 Å². The maximum Gasteiger partial charge on any atom is 0.254 e. The number of rotatable bonds is 10. The fourth-order valence-corrected chi connectivity index (χ4v) is 8.69. The van der Waals surface area contributed by atoms with E-state index >= 15 is 0 Å². The van der Waals surface area contributed by atoms with Gasteiger partial charge in [-0.2, -0.15) is 0 Å². The molecule has 0 aliphatic carbocycles. The van der Waals surface area contributed by atoms with Crippen LogP contribution < -0.4 is 10.2 Å². The van der Waals surface area contributed by atoms with E-state index in [-0.39, 0.29) is 11.8 Å². The Hall–Kier alpha value is -4.07. The van der Waals surface area contributed by atoms with E-state index in [9.17, 15) is 9.59 Å². The number of fused-ring (bicyclic) bond motifs is 3. The summed E-state index contributed by atoms with van der Waals surface area (Å²) in [5.74, 6) is 0.242. The number of likely N-dealkylation sites (N-methyl/N-ethyl adjacent to an activating group) is 1. The van der Waals surface area contributed by atoms with Gasteiger partial charge in [0.1, 0.15) is 5.41 Å². The molecule has 0 unspecified atom stereocenters. The van der Waals surface area contributed by atoms with Gasteiger partial charge in [0.2, 0.25) is 5.91 Å². The maximum absolute atomic E-state index is 13.9. The highest BCUT2D eigenvalue weighted by molar-refractivity contribution is 7.99. The lowest BCUT2D eigenvalue weighted by molar-refractivity contribution is -0.125. The normalized spacial score (nSPS) is 16.9. The molecule has 46 heavy (non-hydrogen) atoms. The van der Waals surface area contributed by atoms with Crippen LogP contribution in [0.2, 0.25) is 0 Å². The SMILES string of the molecule is CCNC(=O)C1(CCCCN2CCN(c3ccc4c(c3)C(=O)N(Cc3ccccc3)C4)CC2)c2ccccc2Sc2ccccc21. The summed E-state index contributed by atoms with van der Waals surface area (Å²) in [6.07, 6.45) is 2.80. The standard InChI is InChI=1S/C39H42N4O2S/c1-2-40-38(45)39(33-14-6-8-16-35(33)46-36-17-9-7-15-34(36)39)20-10-11-21-41-22-24-42(25-23-41)31-19-18-30-28-43(37(44)32(30)26-31)27-29-12-4-3-5-13-29/h3-9,12-19,26H,2,10-11,20-25,27-28H2,1H3,(H,40,45). The summed E-state index contributed by atoms with van der Waals surface area (Å²) in [5.41, 5.74) is 5.87. The Morgan fingerprint density at radius 3 is 2.20 bits per heavy atom. The number of hydrogen-bond donors (Lipinski definition) is 1. The minimum absolute atomic E-state index is 0.111. The van der Waals surface area contributed by atoms with Gasteiger partial charge < -0.3 is 15.1 Å². The van der Waals surface area contributed by atoms with Gasteiger partial charge in [0.15, 0.2) is 0 Å². The van der Waals surface area contributed by atoms with Crippen molar-refractivity contribution in [3.05, 3.63) is 125 Å². The Morgan fingerprint density at radius 1 is 0.826 bits per heavy atom. The molecule has 1 fully saturated rings. The quantitative estimate of drug-likeness (QED) is 0.197. The maximum atomic E-state index is 13.9. The number of nitrogens with zero attached hydrogens (tertiary/aromatic N) is 3. The van der Waals surface area contributed by atoms with Crippen LogP contribution in [-0.2, 0) is 23.3 Å². The zero-order valence-electron chi connectivity index (χ0n) is 26.6. The van der Waals surface area contributed by atoms with E-state index in [1.54, 1.807) is 11.8 Å². The molecule has 0 aromatic heterocycles. The minimum Gasteiger partial charge on any atom is -0.369 e. The minimum atomic E-state index is -0.672. The van der Waals surface area contributed by atoms with Gasteiger partial charge in [-0.3, -0.25) is 14.5 Å². The largest absolute Gasteiger partial charge is 0.369 e.